The summed E-state index contributed by atoms with van der Waals surface area (Å²) in [5.74, 6) is -1.64. The number of nitrogens with one attached hydrogen (secondary N) is 1. The van der Waals surface area contributed by atoms with E-state index in [1.807, 2.05) is 0 Å². The van der Waals surface area contributed by atoms with Gasteiger partial charge in [0.1, 0.15) is 25.0 Å². The van der Waals surface area contributed by atoms with Crippen molar-refractivity contribution in [2.45, 2.75) is 18.2 Å². The van der Waals surface area contributed by atoms with Crippen molar-refractivity contribution >= 4 is 24.7 Å². The molecular formula is C19H19BF2N4O. The first-order chi connectivity index (χ1) is 12.9. The highest BCUT2D eigenvalue weighted by atomic mass is 19.1. The Hall–Kier alpha value is -2.74. The molecule has 3 aromatic rings. The van der Waals surface area contributed by atoms with Gasteiger partial charge in [-0.1, -0.05) is 6.07 Å². The lowest BCUT2D eigenvalue weighted by Gasteiger charge is -2.35. The minimum absolute atomic E-state index is 0.00151. The maximum Gasteiger partial charge on any atom is 0.251 e. The highest BCUT2D eigenvalue weighted by Crippen LogP contribution is 2.31. The van der Waals surface area contributed by atoms with Crippen LogP contribution in [0.2, 0.25) is 0 Å². The molecule has 0 saturated carbocycles. The number of halogens is 2. The summed E-state index contributed by atoms with van der Waals surface area (Å²) >= 11 is 0. The summed E-state index contributed by atoms with van der Waals surface area (Å²) in [4.78, 5) is 11.6. The molecule has 0 radical (unpaired) electrons. The normalized spacial score (nSPS) is 20.1. The van der Waals surface area contributed by atoms with Crippen molar-refractivity contribution in [3.63, 3.8) is 0 Å². The van der Waals surface area contributed by atoms with E-state index in [1.165, 1.54) is 16.8 Å². The summed E-state index contributed by atoms with van der Waals surface area (Å²) < 4.78 is 30.0. The number of hydrogen-bond acceptors (Lipinski definition) is 3. The van der Waals surface area contributed by atoms with Crippen LogP contribution in [0, 0.1) is 11.6 Å². The third-order valence-corrected chi connectivity index (χ3v) is 5.30. The first kappa shape index (κ1) is 17.7. The van der Waals surface area contributed by atoms with Crippen LogP contribution < -0.4 is 11.1 Å². The third kappa shape index (κ3) is 3.10. The molecule has 1 atom stereocenters. The Kier molecular flexibility index (Phi) is 4.22. The number of rotatable bonds is 3. The molecule has 27 heavy (non-hydrogen) atoms. The van der Waals surface area contributed by atoms with E-state index >= 15 is 0 Å². The Morgan fingerprint density at radius 3 is 2.78 bits per heavy atom. The first-order valence-electron chi connectivity index (χ1n) is 8.87. The van der Waals surface area contributed by atoms with Crippen LogP contribution in [0.4, 0.5) is 8.78 Å². The molecule has 2 aromatic carbocycles. The lowest BCUT2D eigenvalue weighted by molar-refractivity contribution is 0.100. The summed E-state index contributed by atoms with van der Waals surface area (Å²) in [5, 5.41) is 7.82. The molecule has 138 valence electrons. The van der Waals surface area contributed by atoms with Gasteiger partial charge in [0.2, 0.25) is 0 Å². The fourth-order valence-electron chi connectivity index (χ4n) is 3.84. The molecule has 1 amide bonds. The van der Waals surface area contributed by atoms with E-state index < -0.39 is 11.7 Å². The molecular weight excluding hydrogens is 349 g/mol. The molecule has 0 unspecified atom stereocenters. The minimum Gasteiger partial charge on any atom is -0.366 e. The van der Waals surface area contributed by atoms with Gasteiger partial charge in [-0.25, -0.2) is 13.5 Å². The quantitative estimate of drug-likeness (QED) is 0.690. The van der Waals surface area contributed by atoms with Crippen LogP contribution in [0.25, 0.3) is 16.6 Å². The number of fused-ring (bicyclic) bond motifs is 1. The minimum atomic E-state index is -0.760. The average Bonchev–Trinajstić information content (AvgIpc) is 3.05. The molecule has 4 rings (SSSR count). The van der Waals surface area contributed by atoms with E-state index in [0.717, 1.165) is 32.0 Å². The predicted molar refractivity (Wildman–Crippen MR) is 102 cm³/mol. The van der Waals surface area contributed by atoms with Crippen LogP contribution in [0.1, 0.15) is 28.8 Å². The number of primary amides is 1. The van der Waals surface area contributed by atoms with Gasteiger partial charge in [0, 0.05) is 11.6 Å². The second kappa shape index (κ2) is 6.46. The molecule has 5 nitrogen and oxygen atoms in total. The van der Waals surface area contributed by atoms with E-state index in [2.05, 4.69) is 18.3 Å². The maximum absolute atomic E-state index is 14.9. The number of carbonyl (C=O) groups excluding carboxylic acids is 1. The number of carbonyl (C=O) groups is 1. The Labute approximate surface area is 155 Å². The van der Waals surface area contributed by atoms with Crippen molar-refractivity contribution in [3.8, 4) is 5.69 Å². The number of nitrogens with zero attached hydrogens (tertiary/aromatic N) is 2. The van der Waals surface area contributed by atoms with E-state index in [0.29, 0.717) is 16.6 Å². The van der Waals surface area contributed by atoms with E-state index in [-0.39, 0.29) is 22.2 Å². The fraction of sp³-hybridized carbons (Fsp3) is 0.263. The Balaban J connectivity index is 1.77. The highest BCUT2D eigenvalue weighted by molar-refractivity contribution is 6.16. The maximum atomic E-state index is 14.9. The molecule has 1 aromatic heterocycles. The van der Waals surface area contributed by atoms with Gasteiger partial charge in [-0.05, 0) is 61.1 Å². The van der Waals surface area contributed by atoms with Crippen molar-refractivity contribution in [1.29, 1.82) is 0 Å². The number of piperidine rings is 1. The Bertz CT molecular complexity index is 1040. The molecule has 8 heteroatoms. The zero-order chi connectivity index (χ0) is 19.2. The van der Waals surface area contributed by atoms with Crippen molar-refractivity contribution in [2.24, 2.45) is 5.73 Å². The summed E-state index contributed by atoms with van der Waals surface area (Å²) in [6, 6.07) is 7.30. The van der Waals surface area contributed by atoms with Crippen LogP contribution in [0.3, 0.4) is 0 Å². The van der Waals surface area contributed by atoms with Gasteiger partial charge in [0.15, 0.2) is 0 Å². The summed E-state index contributed by atoms with van der Waals surface area (Å²) in [5.41, 5.74) is 6.77. The highest BCUT2D eigenvalue weighted by Gasteiger charge is 2.31. The number of nitrogens with two attached hydrogens (primary N) is 1. The van der Waals surface area contributed by atoms with Crippen LogP contribution >= 0.6 is 0 Å². The molecule has 1 fully saturated rings. The smallest absolute Gasteiger partial charge is 0.251 e. The molecule has 1 saturated heterocycles. The monoisotopic (exact) mass is 368 g/mol. The van der Waals surface area contributed by atoms with Crippen molar-refractivity contribution < 1.29 is 13.6 Å². The molecule has 1 aliphatic heterocycles. The van der Waals surface area contributed by atoms with Gasteiger partial charge in [0.25, 0.3) is 5.91 Å². The van der Waals surface area contributed by atoms with Gasteiger partial charge in [-0.15, -0.1) is 0 Å². The van der Waals surface area contributed by atoms with Gasteiger partial charge < -0.3 is 11.1 Å². The van der Waals surface area contributed by atoms with Gasteiger partial charge in [-0.2, -0.15) is 5.10 Å². The van der Waals surface area contributed by atoms with Crippen LogP contribution in [0.5, 0.6) is 0 Å². The van der Waals surface area contributed by atoms with E-state index in [9.17, 15) is 13.6 Å². The molecule has 1 aliphatic rings. The largest absolute Gasteiger partial charge is 0.366 e. The lowest BCUT2D eigenvalue weighted by Crippen LogP contribution is -2.44. The second-order valence-electron chi connectivity index (χ2n) is 7.33. The number of aromatic nitrogens is 2. The van der Waals surface area contributed by atoms with E-state index in [1.54, 1.807) is 18.3 Å². The van der Waals surface area contributed by atoms with Crippen LogP contribution in [-0.2, 0) is 5.31 Å². The molecule has 3 N–H and O–H groups in total. The topological polar surface area (TPSA) is 72.9 Å². The average molecular weight is 368 g/mol. The Morgan fingerprint density at radius 2 is 2.11 bits per heavy atom. The van der Waals surface area contributed by atoms with Crippen molar-refractivity contribution in [2.75, 3.05) is 13.1 Å². The van der Waals surface area contributed by atoms with E-state index in [4.69, 9.17) is 5.73 Å². The second-order valence-corrected chi connectivity index (χ2v) is 7.33. The fourth-order valence-corrected chi connectivity index (χ4v) is 3.84. The molecule has 0 spiro atoms. The van der Waals surface area contributed by atoms with Gasteiger partial charge >= 0.3 is 0 Å². The third-order valence-electron chi connectivity index (χ3n) is 5.30. The van der Waals surface area contributed by atoms with Gasteiger partial charge in [0.05, 0.1) is 11.3 Å². The zero-order valence-electron chi connectivity index (χ0n) is 14.9. The SMILES string of the molecule is B[C@]1(c2ccc(-n3cc4cc(F)cc(C(N)=O)c4n3)cc2F)CCCNC1. The van der Waals surface area contributed by atoms with Crippen LogP contribution in [0.15, 0.2) is 36.5 Å². The lowest BCUT2D eigenvalue weighted by atomic mass is 9.60. The van der Waals surface area contributed by atoms with Crippen LogP contribution in [-0.4, -0.2) is 36.6 Å². The predicted octanol–water partition coefficient (Wildman–Crippen LogP) is 1.61. The molecule has 2 heterocycles. The van der Waals surface area contributed by atoms with Gasteiger partial charge in [-0.3, -0.25) is 4.79 Å². The number of benzene rings is 2. The standard InChI is InChI=1S/C19H19BF2N4O/c20-19(4-1-5-24-10-19)15-3-2-13(8-16(15)22)26-9-11-6-12(21)7-14(18(23)27)17(11)25-26/h2-3,6-9,24H,1,4-5,10,20H2,(H2,23,27)/t19-/m1/s1. The first-order valence-corrected chi connectivity index (χ1v) is 8.87. The number of hydrogen-bond donors (Lipinski definition) is 2. The van der Waals surface area contributed by atoms with Crippen molar-refractivity contribution in [3.05, 3.63) is 59.3 Å². The number of amides is 1. The molecule has 0 bridgehead atoms. The van der Waals surface area contributed by atoms with Crippen molar-refractivity contribution in [1.82, 2.24) is 15.1 Å². The summed E-state index contributed by atoms with van der Waals surface area (Å²) in [6.45, 7) is 1.68. The Morgan fingerprint density at radius 1 is 1.30 bits per heavy atom. The molecule has 0 aliphatic carbocycles. The summed E-state index contributed by atoms with van der Waals surface area (Å²) in [7, 11) is 2.06. The zero-order valence-corrected chi connectivity index (χ0v) is 14.9. The summed E-state index contributed by atoms with van der Waals surface area (Å²) in [6.07, 6.45) is 3.48.